The molecule has 1 atom stereocenters. The molecule has 3 rings (SSSR count). The van der Waals surface area contributed by atoms with Crippen molar-refractivity contribution in [3.63, 3.8) is 0 Å². The number of hydrogen-bond acceptors (Lipinski definition) is 4. The van der Waals surface area contributed by atoms with Gasteiger partial charge in [-0.15, -0.1) is 0 Å². The summed E-state index contributed by atoms with van der Waals surface area (Å²) in [4.78, 5) is 14.3. The number of carbonyl (C=O) groups is 1. The van der Waals surface area contributed by atoms with Gasteiger partial charge >= 0.3 is 6.09 Å². The molecule has 2 aliphatic heterocycles. The van der Waals surface area contributed by atoms with E-state index in [0.29, 0.717) is 19.7 Å². The van der Waals surface area contributed by atoms with Crippen molar-refractivity contribution in [3.8, 4) is 5.75 Å². The average Bonchev–Trinajstić information content (AvgIpc) is 2.61. The van der Waals surface area contributed by atoms with Gasteiger partial charge in [0, 0.05) is 25.2 Å². The van der Waals surface area contributed by atoms with Crippen LogP contribution in [0.25, 0.3) is 0 Å². The maximum atomic E-state index is 12.0. The summed E-state index contributed by atoms with van der Waals surface area (Å²) in [7, 11) is 1.70. The van der Waals surface area contributed by atoms with Crippen LogP contribution in [0.1, 0.15) is 38.0 Å². The zero-order valence-electron chi connectivity index (χ0n) is 16.6. The summed E-state index contributed by atoms with van der Waals surface area (Å²) in [5.41, 5.74) is 2.08. The van der Waals surface area contributed by atoms with Crippen LogP contribution in [0.4, 0.5) is 4.79 Å². The molecule has 27 heavy (non-hydrogen) atoms. The van der Waals surface area contributed by atoms with E-state index in [-0.39, 0.29) is 16.1 Å². The number of nitrogens with zero attached hydrogens (tertiary/aromatic N) is 2. The van der Waals surface area contributed by atoms with Crippen LogP contribution in [0.2, 0.25) is 0 Å². The maximum absolute atomic E-state index is 12.0. The molecule has 0 aliphatic carbocycles. The van der Waals surface area contributed by atoms with Gasteiger partial charge in [0.2, 0.25) is 0 Å². The summed E-state index contributed by atoms with van der Waals surface area (Å²) >= 11 is 3.56. The molecule has 1 saturated heterocycles. The third kappa shape index (κ3) is 3.75. The Balaban J connectivity index is 1.73. The first kappa shape index (κ1) is 20.6. The highest BCUT2D eigenvalue weighted by Gasteiger charge is 2.49. The normalized spacial score (nSPS) is 22.9. The Labute approximate surface area is 169 Å². The van der Waals surface area contributed by atoms with Crippen LogP contribution < -0.4 is 4.74 Å². The van der Waals surface area contributed by atoms with Gasteiger partial charge in [0.25, 0.3) is 0 Å². The molecule has 2 heterocycles. The number of benzene rings is 1. The van der Waals surface area contributed by atoms with Crippen molar-refractivity contribution in [3.05, 3.63) is 27.7 Å². The molecular formula is C20H30BrN2O4+. The van der Waals surface area contributed by atoms with Gasteiger partial charge in [0.05, 0.1) is 24.3 Å². The van der Waals surface area contributed by atoms with E-state index in [2.05, 4.69) is 26.9 Å². The molecule has 1 unspecified atom stereocenters. The van der Waals surface area contributed by atoms with Crippen LogP contribution in [0.5, 0.6) is 5.75 Å². The number of piperazine rings is 1. The first-order chi connectivity index (χ1) is 12.7. The first-order valence-corrected chi connectivity index (χ1v) is 10.3. The standard InChI is InChI=1S/C20H29BrN2O4/c1-20(2,3)23(19(24)25)10-8-22(9-11-23)13-17-14-5-6-16(21)18(26-4)15(14)7-12-27-17/h5-6,17H,7-13H2,1-4H3/p+1. The predicted molar refractivity (Wildman–Crippen MR) is 107 cm³/mol. The van der Waals surface area contributed by atoms with Gasteiger partial charge in [0.1, 0.15) is 24.4 Å². The molecule has 6 nitrogen and oxygen atoms in total. The number of rotatable bonds is 3. The first-order valence-electron chi connectivity index (χ1n) is 9.49. The molecule has 1 aromatic carbocycles. The molecule has 1 N–H and O–H groups in total. The highest BCUT2D eigenvalue weighted by Crippen LogP contribution is 2.39. The zero-order chi connectivity index (χ0) is 19.8. The van der Waals surface area contributed by atoms with Gasteiger partial charge < -0.3 is 14.6 Å². The van der Waals surface area contributed by atoms with Gasteiger partial charge in [-0.25, -0.2) is 4.48 Å². The molecule has 0 spiro atoms. The fourth-order valence-electron chi connectivity index (χ4n) is 4.35. The average molecular weight is 442 g/mol. The lowest BCUT2D eigenvalue weighted by molar-refractivity contribution is -0.907. The lowest BCUT2D eigenvalue weighted by atomic mass is 9.95. The molecular weight excluding hydrogens is 412 g/mol. The number of halogens is 1. The van der Waals surface area contributed by atoms with E-state index in [1.165, 1.54) is 11.1 Å². The number of carboxylic acid groups (broad SMARTS) is 1. The van der Waals surface area contributed by atoms with Crippen LogP contribution in [0.15, 0.2) is 16.6 Å². The molecule has 7 heteroatoms. The molecule has 2 aliphatic rings. The van der Waals surface area contributed by atoms with Gasteiger partial charge in [-0.3, -0.25) is 4.90 Å². The molecule has 1 amide bonds. The molecule has 1 aromatic rings. The molecule has 150 valence electrons. The van der Waals surface area contributed by atoms with E-state index >= 15 is 0 Å². The van der Waals surface area contributed by atoms with Crippen LogP contribution in [0.3, 0.4) is 0 Å². The molecule has 0 aromatic heterocycles. The smallest absolute Gasteiger partial charge is 0.495 e. The van der Waals surface area contributed by atoms with Gasteiger partial charge in [0.15, 0.2) is 0 Å². The quantitative estimate of drug-likeness (QED) is 0.724. The summed E-state index contributed by atoms with van der Waals surface area (Å²) in [6, 6.07) is 4.13. The molecule has 0 saturated carbocycles. The minimum atomic E-state index is -0.726. The fourth-order valence-corrected chi connectivity index (χ4v) is 4.89. The summed E-state index contributed by atoms with van der Waals surface area (Å²) in [5, 5.41) is 9.86. The highest BCUT2D eigenvalue weighted by molar-refractivity contribution is 9.10. The highest BCUT2D eigenvalue weighted by atomic mass is 79.9. The number of ether oxygens (including phenoxy) is 2. The topological polar surface area (TPSA) is 59.0 Å². The number of quaternary nitrogens is 1. The van der Waals surface area contributed by atoms with E-state index < -0.39 is 6.09 Å². The van der Waals surface area contributed by atoms with Crippen molar-refractivity contribution >= 4 is 22.0 Å². The lowest BCUT2D eigenvalue weighted by Crippen LogP contribution is -2.69. The van der Waals surface area contributed by atoms with Crippen molar-refractivity contribution < 1.29 is 23.9 Å². The minimum Gasteiger partial charge on any atom is -0.495 e. The third-order valence-corrected chi connectivity index (χ3v) is 6.77. The van der Waals surface area contributed by atoms with E-state index in [9.17, 15) is 9.90 Å². The minimum absolute atomic E-state index is 0.00443. The number of methoxy groups -OCH3 is 1. The summed E-state index contributed by atoms with van der Waals surface area (Å²) in [6.45, 7) is 10.2. The second kappa shape index (κ2) is 7.70. The summed E-state index contributed by atoms with van der Waals surface area (Å²) < 4.78 is 12.8. The SMILES string of the molecule is COc1c(Br)ccc2c1CCOC2CN1CC[N+](C(=O)O)(C(C)(C)C)CC1. The Morgan fingerprint density at radius 1 is 1.37 bits per heavy atom. The van der Waals surface area contributed by atoms with Crippen molar-refractivity contribution in [1.82, 2.24) is 4.90 Å². The number of fused-ring (bicyclic) bond motifs is 1. The van der Waals surface area contributed by atoms with Crippen LogP contribution in [0, 0.1) is 0 Å². The molecule has 0 radical (unpaired) electrons. The van der Waals surface area contributed by atoms with E-state index in [0.717, 1.165) is 36.3 Å². The predicted octanol–water partition coefficient (Wildman–Crippen LogP) is 3.68. The zero-order valence-corrected chi connectivity index (χ0v) is 18.2. The Morgan fingerprint density at radius 2 is 2.04 bits per heavy atom. The van der Waals surface area contributed by atoms with E-state index in [1.54, 1.807) is 7.11 Å². The van der Waals surface area contributed by atoms with Crippen molar-refractivity contribution in [2.75, 3.05) is 46.4 Å². The monoisotopic (exact) mass is 441 g/mol. The second-order valence-electron chi connectivity index (χ2n) is 8.43. The van der Waals surface area contributed by atoms with Crippen LogP contribution in [-0.4, -0.2) is 72.6 Å². The van der Waals surface area contributed by atoms with Crippen molar-refractivity contribution in [2.24, 2.45) is 0 Å². The largest absolute Gasteiger partial charge is 0.514 e. The number of hydrogen-bond donors (Lipinski definition) is 1. The van der Waals surface area contributed by atoms with Gasteiger partial charge in [-0.1, -0.05) is 6.07 Å². The molecule has 0 bridgehead atoms. The van der Waals surface area contributed by atoms with Crippen molar-refractivity contribution in [1.29, 1.82) is 0 Å². The van der Waals surface area contributed by atoms with Gasteiger partial charge in [-0.2, -0.15) is 4.79 Å². The fraction of sp³-hybridized carbons (Fsp3) is 0.650. The Morgan fingerprint density at radius 3 is 2.59 bits per heavy atom. The Bertz CT molecular complexity index is 709. The van der Waals surface area contributed by atoms with Crippen molar-refractivity contribution in [2.45, 2.75) is 38.8 Å². The van der Waals surface area contributed by atoms with Gasteiger partial charge in [-0.05, 0) is 54.8 Å². The molecule has 1 fully saturated rings. The Kier molecular flexibility index (Phi) is 5.87. The van der Waals surface area contributed by atoms with E-state index in [4.69, 9.17) is 9.47 Å². The summed E-state index contributed by atoms with van der Waals surface area (Å²) in [6.07, 6.45) is 0.114. The number of amides is 1. The second-order valence-corrected chi connectivity index (χ2v) is 9.28. The summed E-state index contributed by atoms with van der Waals surface area (Å²) in [5.74, 6) is 0.897. The van der Waals surface area contributed by atoms with Crippen LogP contribution >= 0.6 is 15.9 Å². The van der Waals surface area contributed by atoms with Crippen LogP contribution in [-0.2, 0) is 11.2 Å². The third-order valence-electron chi connectivity index (χ3n) is 6.14. The lowest BCUT2D eigenvalue weighted by Gasteiger charge is -2.48. The Hall–Kier alpha value is -1.15. The van der Waals surface area contributed by atoms with E-state index in [1.807, 2.05) is 26.8 Å². The maximum Gasteiger partial charge on any atom is 0.514 e.